The van der Waals surface area contributed by atoms with E-state index in [0.29, 0.717) is 17.1 Å². The molecule has 0 fully saturated rings. The Morgan fingerprint density at radius 1 is 1.19 bits per heavy atom. The van der Waals surface area contributed by atoms with Gasteiger partial charge in [-0.1, -0.05) is 26.0 Å². The summed E-state index contributed by atoms with van der Waals surface area (Å²) in [6, 6.07) is 15.5. The maximum atomic E-state index is 12.5. The number of aromatic nitrogens is 1. The van der Waals surface area contributed by atoms with Crippen molar-refractivity contribution in [3.05, 3.63) is 70.9 Å². The summed E-state index contributed by atoms with van der Waals surface area (Å²) >= 11 is 0. The van der Waals surface area contributed by atoms with E-state index >= 15 is 0 Å². The Balaban J connectivity index is 1.81. The number of rotatable bonds is 4. The number of hydrogen-bond acceptors (Lipinski definition) is 2. The molecule has 4 heteroatoms. The van der Waals surface area contributed by atoms with Crippen LogP contribution < -0.4 is 5.32 Å². The lowest BCUT2D eigenvalue weighted by Crippen LogP contribution is -2.12. The first-order valence-electron chi connectivity index (χ1n) is 8.59. The molecule has 0 aliphatic heterocycles. The number of carbonyl (C=O) groups excluding carboxylic acids is 1. The Kier molecular flexibility index (Phi) is 4.90. The predicted octanol–water partition coefficient (Wildman–Crippen LogP) is 5.20. The number of anilines is 1. The van der Waals surface area contributed by atoms with Gasteiger partial charge in [0, 0.05) is 33.9 Å². The van der Waals surface area contributed by atoms with Crippen molar-refractivity contribution in [2.75, 3.05) is 5.32 Å². The van der Waals surface area contributed by atoms with E-state index in [0.717, 1.165) is 22.2 Å². The summed E-state index contributed by atoms with van der Waals surface area (Å²) < 4.78 is 0. The third-order valence-corrected chi connectivity index (χ3v) is 4.41. The minimum absolute atomic E-state index is 0.145. The van der Waals surface area contributed by atoms with Crippen molar-refractivity contribution >= 4 is 28.6 Å². The molecule has 3 aromatic rings. The van der Waals surface area contributed by atoms with E-state index in [9.17, 15) is 4.79 Å². The number of nitriles is 1. The van der Waals surface area contributed by atoms with Gasteiger partial charge in [0.1, 0.15) is 0 Å². The summed E-state index contributed by atoms with van der Waals surface area (Å²) in [5.74, 6) is 0.314. The van der Waals surface area contributed by atoms with Crippen molar-refractivity contribution in [2.45, 2.75) is 26.7 Å². The Labute approximate surface area is 153 Å². The molecular weight excluding hydrogens is 322 g/mol. The zero-order valence-corrected chi connectivity index (χ0v) is 15.1. The van der Waals surface area contributed by atoms with Gasteiger partial charge in [-0.2, -0.15) is 5.26 Å². The molecule has 26 heavy (non-hydrogen) atoms. The molecule has 0 atom stereocenters. The number of amides is 1. The molecule has 0 saturated heterocycles. The highest BCUT2D eigenvalue weighted by molar-refractivity contribution is 6.07. The fraction of sp³-hybridized carbons (Fsp3) is 0.182. The number of nitrogens with zero attached hydrogens (tertiary/aromatic N) is 1. The van der Waals surface area contributed by atoms with Crippen molar-refractivity contribution < 1.29 is 4.79 Å². The average Bonchev–Trinajstić information content (AvgIpc) is 3.04. The first kappa shape index (κ1) is 17.5. The smallest absolute Gasteiger partial charge is 0.251 e. The minimum Gasteiger partial charge on any atom is -0.361 e. The number of aromatic amines is 1. The second kappa shape index (κ2) is 7.28. The van der Waals surface area contributed by atoms with E-state index in [4.69, 9.17) is 5.26 Å². The molecule has 0 unspecified atom stereocenters. The van der Waals surface area contributed by atoms with E-state index in [1.165, 1.54) is 5.56 Å². The topological polar surface area (TPSA) is 68.7 Å². The van der Waals surface area contributed by atoms with Gasteiger partial charge in [0.15, 0.2) is 0 Å². The Bertz CT molecular complexity index is 1020. The van der Waals surface area contributed by atoms with Crippen LogP contribution in [-0.4, -0.2) is 10.9 Å². The van der Waals surface area contributed by atoms with Crippen molar-refractivity contribution in [3.8, 4) is 6.07 Å². The van der Waals surface area contributed by atoms with Crippen molar-refractivity contribution in [2.24, 2.45) is 0 Å². The molecule has 130 valence electrons. The summed E-state index contributed by atoms with van der Waals surface area (Å²) in [5.41, 5.74) is 5.04. The van der Waals surface area contributed by atoms with Gasteiger partial charge in [0.2, 0.25) is 0 Å². The molecular formula is C22H21N3O. The van der Waals surface area contributed by atoms with Gasteiger partial charge in [-0.3, -0.25) is 4.79 Å². The van der Waals surface area contributed by atoms with Crippen molar-refractivity contribution in [1.29, 1.82) is 5.26 Å². The largest absolute Gasteiger partial charge is 0.361 e. The average molecular weight is 343 g/mol. The Hall–Kier alpha value is -3.32. The van der Waals surface area contributed by atoms with Crippen LogP contribution in [0.5, 0.6) is 0 Å². The molecule has 2 N–H and O–H groups in total. The highest BCUT2D eigenvalue weighted by atomic mass is 16.1. The lowest BCUT2D eigenvalue weighted by molar-refractivity contribution is -0.112. The zero-order valence-electron chi connectivity index (χ0n) is 15.1. The number of carbonyl (C=O) groups is 1. The van der Waals surface area contributed by atoms with Crippen LogP contribution in [0.25, 0.3) is 17.0 Å². The molecule has 0 aliphatic rings. The lowest BCUT2D eigenvalue weighted by atomic mass is 10.0. The fourth-order valence-electron chi connectivity index (χ4n) is 2.81. The summed E-state index contributed by atoms with van der Waals surface area (Å²) in [4.78, 5) is 15.6. The molecule has 0 aliphatic carbocycles. The standard InChI is InChI=1S/C22H21N3O/c1-14(2)17-5-7-19(8-6-17)25-22(26)15(3)10-18-13-24-21-9-4-16(12-23)11-20(18)21/h4-11,13-14,24H,1-3H3,(H,25,26)/b15-10+. The van der Waals surface area contributed by atoms with Crippen LogP contribution in [0.15, 0.2) is 54.2 Å². The third kappa shape index (κ3) is 3.68. The van der Waals surface area contributed by atoms with Gasteiger partial charge < -0.3 is 10.3 Å². The zero-order chi connectivity index (χ0) is 18.7. The van der Waals surface area contributed by atoms with Crippen molar-refractivity contribution in [1.82, 2.24) is 4.98 Å². The van der Waals surface area contributed by atoms with Crippen LogP contribution in [0.3, 0.4) is 0 Å². The van der Waals surface area contributed by atoms with Gasteiger partial charge in [-0.05, 0) is 54.8 Å². The second-order valence-corrected chi connectivity index (χ2v) is 6.67. The minimum atomic E-state index is -0.145. The van der Waals surface area contributed by atoms with Crippen LogP contribution in [0.4, 0.5) is 5.69 Å². The van der Waals surface area contributed by atoms with Gasteiger partial charge in [0.25, 0.3) is 5.91 Å². The molecule has 3 rings (SSSR count). The maximum absolute atomic E-state index is 12.5. The molecule has 0 radical (unpaired) electrons. The highest BCUT2D eigenvalue weighted by Gasteiger charge is 2.08. The summed E-state index contributed by atoms with van der Waals surface area (Å²) in [6.07, 6.45) is 3.68. The van der Waals surface area contributed by atoms with Gasteiger partial charge in [-0.25, -0.2) is 0 Å². The van der Waals surface area contributed by atoms with E-state index in [2.05, 4.69) is 30.2 Å². The van der Waals surface area contributed by atoms with Gasteiger partial charge >= 0.3 is 0 Å². The second-order valence-electron chi connectivity index (χ2n) is 6.67. The quantitative estimate of drug-likeness (QED) is 0.639. The van der Waals surface area contributed by atoms with E-state index in [1.54, 1.807) is 13.0 Å². The SMILES string of the molecule is C/C(=C\c1c[nH]c2ccc(C#N)cc12)C(=O)Nc1ccc(C(C)C)cc1. The Morgan fingerprint density at radius 2 is 1.92 bits per heavy atom. The Morgan fingerprint density at radius 3 is 2.58 bits per heavy atom. The van der Waals surface area contributed by atoms with Gasteiger partial charge in [0.05, 0.1) is 11.6 Å². The van der Waals surface area contributed by atoms with Crippen molar-refractivity contribution in [3.63, 3.8) is 0 Å². The third-order valence-electron chi connectivity index (χ3n) is 4.41. The molecule has 1 amide bonds. The first-order chi connectivity index (χ1) is 12.5. The number of nitrogens with one attached hydrogen (secondary N) is 2. The van der Waals surface area contributed by atoms with Crippen LogP contribution in [0.2, 0.25) is 0 Å². The fourth-order valence-corrected chi connectivity index (χ4v) is 2.81. The van der Waals surface area contributed by atoms with Crippen LogP contribution in [0, 0.1) is 11.3 Å². The van der Waals surface area contributed by atoms with Crippen LogP contribution in [0.1, 0.15) is 43.4 Å². The lowest BCUT2D eigenvalue weighted by Gasteiger charge is -2.08. The molecule has 4 nitrogen and oxygen atoms in total. The summed E-state index contributed by atoms with van der Waals surface area (Å²) in [5, 5.41) is 12.9. The summed E-state index contributed by atoms with van der Waals surface area (Å²) in [7, 11) is 0. The monoisotopic (exact) mass is 343 g/mol. The first-order valence-corrected chi connectivity index (χ1v) is 8.59. The molecule has 0 saturated carbocycles. The van der Waals surface area contributed by atoms with Crippen LogP contribution in [-0.2, 0) is 4.79 Å². The van der Waals surface area contributed by atoms with Crippen LogP contribution >= 0.6 is 0 Å². The van der Waals surface area contributed by atoms with Gasteiger partial charge in [-0.15, -0.1) is 0 Å². The number of H-pyrrole nitrogens is 1. The molecule has 2 aromatic carbocycles. The number of hydrogen-bond donors (Lipinski definition) is 2. The van der Waals surface area contributed by atoms with E-state index < -0.39 is 0 Å². The predicted molar refractivity (Wildman–Crippen MR) is 106 cm³/mol. The molecule has 1 heterocycles. The normalized spacial score (nSPS) is 11.6. The molecule has 1 aromatic heterocycles. The number of fused-ring (bicyclic) bond motifs is 1. The van der Waals surface area contributed by atoms with E-state index in [-0.39, 0.29) is 5.91 Å². The summed E-state index contributed by atoms with van der Waals surface area (Å²) in [6.45, 7) is 6.06. The number of benzene rings is 2. The molecule has 0 bridgehead atoms. The molecule has 0 spiro atoms. The maximum Gasteiger partial charge on any atom is 0.251 e. The van der Waals surface area contributed by atoms with E-state index in [1.807, 2.05) is 48.7 Å². The highest BCUT2D eigenvalue weighted by Crippen LogP contribution is 2.23.